The third-order valence-electron chi connectivity index (χ3n) is 2.97. The van der Waals surface area contributed by atoms with E-state index in [2.05, 4.69) is 19.1 Å². The lowest BCUT2D eigenvalue weighted by Gasteiger charge is -2.12. The zero-order chi connectivity index (χ0) is 11.4. The molecule has 0 saturated heterocycles. The van der Waals surface area contributed by atoms with Crippen LogP contribution >= 0.6 is 0 Å². The predicted octanol–water partition coefficient (Wildman–Crippen LogP) is 3.02. The molecule has 2 nitrogen and oxygen atoms in total. The number of aliphatic hydroxyl groups is 1. The van der Waals surface area contributed by atoms with Crippen LogP contribution in [0.3, 0.4) is 0 Å². The Morgan fingerprint density at radius 1 is 1.44 bits per heavy atom. The molecule has 0 heterocycles. The summed E-state index contributed by atoms with van der Waals surface area (Å²) in [5, 5.41) is 9.95. The van der Waals surface area contributed by atoms with Crippen molar-refractivity contribution in [2.75, 3.05) is 13.2 Å². The molecule has 2 rings (SSSR count). The van der Waals surface area contributed by atoms with E-state index in [-0.39, 0.29) is 0 Å². The molecule has 0 spiro atoms. The highest BCUT2D eigenvalue weighted by Gasteiger charge is 2.23. The molecule has 1 unspecified atom stereocenters. The van der Waals surface area contributed by atoms with Crippen molar-refractivity contribution in [3.8, 4) is 0 Å². The van der Waals surface area contributed by atoms with Gasteiger partial charge in [-0.1, -0.05) is 31.2 Å². The van der Waals surface area contributed by atoms with Crippen molar-refractivity contribution in [2.45, 2.75) is 38.2 Å². The van der Waals surface area contributed by atoms with Crippen LogP contribution in [0, 0.1) is 0 Å². The Morgan fingerprint density at radius 2 is 2.25 bits per heavy atom. The van der Waals surface area contributed by atoms with Gasteiger partial charge in [0, 0.05) is 6.61 Å². The summed E-state index contributed by atoms with van der Waals surface area (Å²) in [5.74, 6) is 0.740. The van der Waals surface area contributed by atoms with Crippen LogP contribution in [0.4, 0.5) is 0 Å². The highest BCUT2D eigenvalue weighted by atomic mass is 16.5. The maximum Gasteiger partial charge on any atom is 0.102 e. The van der Waals surface area contributed by atoms with Crippen LogP contribution in [0.1, 0.15) is 49.3 Å². The highest BCUT2D eigenvalue weighted by Crippen LogP contribution is 2.40. The van der Waals surface area contributed by atoms with Crippen molar-refractivity contribution in [3.05, 3.63) is 35.4 Å². The second kappa shape index (κ2) is 5.46. The van der Waals surface area contributed by atoms with Gasteiger partial charge in [0.1, 0.15) is 6.10 Å². The standard InChI is InChI=1S/C14H20O2/c1-2-8-16-10-14(15)13-5-3-4-12(9-13)11-6-7-11/h3-5,9,11,14-15H,2,6-8,10H2,1H3. The van der Waals surface area contributed by atoms with Crippen molar-refractivity contribution in [1.82, 2.24) is 0 Å². The number of aliphatic hydroxyl groups excluding tert-OH is 1. The molecule has 1 aliphatic rings. The number of rotatable bonds is 6. The largest absolute Gasteiger partial charge is 0.386 e. The van der Waals surface area contributed by atoms with Gasteiger partial charge in [0.15, 0.2) is 0 Å². The lowest BCUT2D eigenvalue weighted by atomic mass is 10.0. The molecule has 1 aromatic rings. The fraction of sp³-hybridized carbons (Fsp3) is 0.571. The molecule has 0 aliphatic heterocycles. The molecule has 1 atom stereocenters. The van der Waals surface area contributed by atoms with Gasteiger partial charge >= 0.3 is 0 Å². The summed E-state index contributed by atoms with van der Waals surface area (Å²) in [6.07, 6.45) is 3.11. The molecule has 0 amide bonds. The summed E-state index contributed by atoms with van der Waals surface area (Å²) < 4.78 is 5.36. The van der Waals surface area contributed by atoms with E-state index in [1.165, 1.54) is 18.4 Å². The normalized spacial score (nSPS) is 17.4. The predicted molar refractivity (Wildman–Crippen MR) is 64.5 cm³/mol. The Kier molecular flexibility index (Phi) is 3.97. The van der Waals surface area contributed by atoms with E-state index in [1.807, 2.05) is 12.1 Å². The fourth-order valence-corrected chi connectivity index (χ4v) is 1.87. The Morgan fingerprint density at radius 3 is 2.94 bits per heavy atom. The van der Waals surface area contributed by atoms with E-state index >= 15 is 0 Å². The first-order chi connectivity index (χ1) is 7.81. The van der Waals surface area contributed by atoms with Gasteiger partial charge in [-0.2, -0.15) is 0 Å². The molecule has 16 heavy (non-hydrogen) atoms. The summed E-state index contributed by atoms with van der Waals surface area (Å²) in [4.78, 5) is 0. The smallest absolute Gasteiger partial charge is 0.102 e. The molecule has 1 saturated carbocycles. The number of hydrogen-bond acceptors (Lipinski definition) is 2. The Labute approximate surface area is 97.3 Å². The fourth-order valence-electron chi connectivity index (χ4n) is 1.87. The van der Waals surface area contributed by atoms with E-state index in [0.717, 1.165) is 24.5 Å². The number of ether oxygens (including phenoxy) is 1. The maximum atomic E-state index is 9.95. The molecule has 1 N–H and O–H groups in total. The van der Waals surface area contributed by atoms with E-state index in [1.54, 1.807) is 0 Å². The molecule has 88 valence electrons. The molecule has 1 fully saturated rings. The van der Waals surface area contributed by atoms with Crippen molar-refractivity contribution in [1.29, 1.82) is 0 Å². The van der Waals surface area contributed by atoms with Crippen molar-refractivity contribution in [2.24, 2.45) is 0 Å². The summed E-state index contributed by atoms with van der Waals surface area (Å²) in [7, 11) is 0. The zero-order valence-electron chi connectivity index (χ0n) is 9.86. The second-order valence-corrected chi connectivity index (χ2v) is 4.54. The molecule has 0 aromatic heterocycles. The Hall–Kier alpha value is -0.860. The molecule has 0 bridgehead atoms. The molecular weight excluding hydrogens is 200 g/mol. The van der Waals surface area contributed by atoms with Gasteiger partial charge in [0.2, 0.25) is 0 Å². The SMILES string of the molecule is CCCOCC(O)c1cccc(C2CC2)c1. The molecule has 2 heteroatoms. The first-order valence-corrected chi connectivity index (χ1v) is 6.17. The van der Waals surface area contributed by atoms with Gasteiger partial charge in [-0.3, -0.25) is 0 Å². The topological polar surface area (TPSA) is 29.5 Å². The highest BCUT2D eigenvalue weighted by molar-refractivity contribution is 5.30. The van der Waals surface area contributed by atoms with Crippen LogP contribution in [0.2, 0.25) is 0 Å². The minimum Gasteiger partial charge on any atom is -0.386 e. The number of hydrogen-bond donors (Lipinski definition) is 1. The quantitative estimate of drug-likeness (QED) is 0.747. The monoisotopic (exact) mass is 220 g/mol. The van der Waals surface area contributed by atoms with Gasteiger partial charge in [0.05, 0.1) is 6.61 Å². The molecule has 1 aromatic carbocycles. The Bertz CT molecular complexity index is 331. The van der Waals surface area contributed by atoms with Gasteiger partial charge in [-0.05, 0) is 36.3 Å². The van der Waals surface area contributed by atoms with Gasteiger partial charge in [-0.25, -0.2) is 0 Å². The second-order valence-electron chi connectivity index (χ2n) is 4.54. The minimum atomic E-state index is -0.481. The molecule has 1 aliphatic carbocycles. The van der Waals surface area contributed by atoms with Crippen molar-refractivity contribution in [3.63, 3.8) is 0 Å². The summed E-state index contributed by atoms with van der Waals surface area (Å²) >= 11 is 0. The van der Waals surface area contributed by atoms with Crippen LogP contribution in [-0.2, 0) is 4.74 Å². The van der Waals surface area contributed by atoms with E-state index in [9.17, 15) is 5.11 Å². The van der Waals surface area contributed by atoms with Gasteiger partial charge in [-0.15, -0.1) is 0 Å². The average Bonchev–Trinajstić information content (AvgIpc) is 3.13. The summed E-state index contributed by atoms with van der Waals surface area (Å²) in [5.41, 5.74) is 2.35. The van der Waals surface area contributed by atoms with Crippen LogP contribution < -0.4 is 0 Å². The van der Waals surface area contributed by atoms with Crippen LogP contribution in [0.25, 0.3) is 0 Å². The average molecular weight is 220 g/mol. The first-order valence-electron chi connectivity index (χ1n) is 6.17. The third kappa shape index (κ3) is 3.06. The first kappa shape index (κ1) is 11.6. The van der Waals surface area contributed by atoms with E-state index < -0.39 is 6.10 Å². The minimum absolute atomic E-state index is 0.405. The lowest BCUT2D eigenvalue weighted by molar-refractivity contribution is 0.0363. The molecular formula is C14H20O2. The van der Waals surface area contributed by atoms with Gasteiger partial charge in [0.25, 0.3) is 0 Å². The van der Waals surface area contributed by atoms with Crippen LogP contribution in [0.5, 0.6) is 0 Å². The lowest BCUT2D eigenvalue weighted by Crippen LogP contribution is -2.08. The van der Waals surface area contributed by atoms with Crippen LogP contribution in [-0.4, -0.2) is 18.3 Å². The van der Waals surface area contributed by atoms with E-state index in [0.29, 0.717) is 6.61 Å². The van der Waals surface area contributed by atoms with Crippen LogP contribution in [0.15, 0.2) is 24.3 Å². The summed E-state index contributed by atoms with van der Waals surface area (Å²) in [6, 6.07) is 8.29. The van der Waals surface area contributed by atoms with Crippen molar-refractivity contribution >= 4 is 0 Å². The van der Waals surface area contributed by atoms with E-state index in [4.69, 9.17) is 4.74 Å². The molecule has 0 radical (unpaired) electrons. The number of benzene rings is 1. The summed E-state index contributed by atoms with van der Waals surface area (Å²) in [6.45, 7) is 3.20. The zero-order valence-corrected chi connectivity index (χ0v) is 9.86. The maximum absolute atomic E-state index is 9.95. The van der Waals surface area contributed by atoms with Gasteiger partial charge < -0.3 is 9.84 Å². The Balaban J connectivity index is 1.93. The third-order valence-corrected chi connectivity index (χ3v) is 2.97. The van der Waals surface area contributed by atoms with Crippen molar-refractivity contribution < 1.29 is 9.84 Å².